The SMILES string of the molecule is CC(C)C1NC(C(=O)O)=C(NC(=O)OC(C)(C)C)S1. The number of carbonyl (C=O) groups is 2. The first-order valence-corrected chi connectivity index (χ1v) is 6.89. The van der Waals surface area contributed by atoms with Crippen molar-refractivity contribution in [1.29, 1.82) is 0 Å². The lowest BCUT2D eigenvalue weighted by Gasteiger charge is -2.20. The predicted octanol–water partition coefficient (Wildman–Crippen LogP) is 2.08. The van der Waals surface area contributed by atoms with Crippen LogP contribution in [0.2, 0.25) is 0 Å². The summed E-state index contributed by atoms with van der Waals surface area (Å²) in [4.78, 5) is 22.8. The molecule has 1 unspecified atom stereocenters. The molecule has 0 spiro atoms. The van der Waals surface area contributed by atoms with Crippen molar-refractivity contribution in [1.82, 2.24) is 10.6 Å². The smallest absolute Gasteiger partial charge is 0.412 e. The average molecular weight is 288 g/mol. The van der Waals surface area contributed by atoms with Crippen molar-refractivity contribution in [3.05, 3.63) is 10.7 Å². The van der Waals surface area contributed by atoms with E-state index >= 15 is 0 Å². The lowest BCUT2D eigenvalue weighted by atomic mass is 10.2. The van der Waals surface area contributed by atoms with Crippen LogP contribution in [0.4, 0.5) is 4.79 Å². The molecule has 1 amide bonds. The van der Waals surface area contributed by atoms with Gasteiger partial charge in [0, 0.05) is 0 Å². The maximum Gasteiger partial charge on any atom is 0.412 e. The Morgan fingerprint density at radius 1 is 1.42 bits per heavy atom. The molecule has 1 atom stereocenters. The van der Waals surface area contributed by atoms with Crippen LogP contribution in [0.1, 0.15) is 34.6 Å². The van der Waals surface area contributed by atoms with Gasteiger partial charge in [0.2, 0.25) is 0 Å². The molecule has 0 saturated heterocycles. The van der Waals surface area contributed by atoms with E-state index < -0.39 is 17.7 Å². The second-order valence-electron chi connectivity index (χ2n) is 5.56. The number of hydrogen-bond acceptors (Lipinski definition) is 5. The van der Waals surface area contributed by atoms with Gasteiger partial charge in [-0.2, -0.15) is 0 Å². The quantitative estimate of drug-likeness (QED) is 0.737. The zero-order chi connectivity index (χ0) is 14.8. The van der Waals surface area contributed by atoms with Gasteiger partial charge in [-0.25, -0.2) is 9.59 Å². The fourth-order valence-electron chi connectivity index (χ4n) is 1.37. The van der Waals surface area contributed by atoms with Gasteiger partial charge in [-0.15, -0.1) is 0 Å². The molecule has 0 aromatic rings. The molecule has 108 valence electrons. The second-order valence-corrected chi connectivity index (χ2v) is 6.71. The van der Waals surface area contributed by atoms with Gasteiger partial charge in [0.1, 0.15) is 10.6 Å². The molecular weight excluding hydrogens is 268 g/mol. The van der Waals surface area contributed by atoms with E-state index in [-0.39, 0.29) is 17.0 Å². The molecule has 1 heterocycles. The number of carboxylic acids is 1. The maximum atomic E-state index is 11.7. The normalized spacial score (nSPS) is 19.4. The number of ether oxygens (including phenoxy) is 1. The third-order valence-electron chi connectivity index (χ3n) is 2.19. The number of hydrogen-bond donors (Lipinski definition) is 3. The summed E-state index contributed by atoms with van der Waals surface area (Å²) in [6.07, 6.45) is -0.653. The van der Waals surface area contributed by atoms with Crippen LogP contribution in [-0.4, -0.2) is 28.1 Å². The van der Waals surface area contributed by atoms with Gasteiger partial charge < -0.3 is 15.2 Å². The Hall–Kier alpha value is -1.37. The van der Waals surface area contributed by atoms with Crippen LogP contribution in [-0.2, 0) is 9.53 Å². The number of thioether (sulfide) groups is 1. The number of nitrogens with one attached hydrogen (secondary N) is 2. The van der Waals surface area contributed by atoms with Crippen LogP contribution < -0.4 is 10.6 Å². The highest BCUT2D eigenvalue weighted by atomic mass is 32.2. The number of carbonyl (C=O) groups excluding carboxylic acids is 1. The van der Waals surface area contributed by atoms with Gasteiger partial charge in [-0.3, -0.25) is 5.32 Å². The summed E-state index contributed by atoms with van der Waals surface area (Å²) in [5.74, 6) is -0.862. The zero-order valence-corrected chi connectivity index (χ0v) is 12.6. The molecule has 0 fully saturated rings. The van der Waals surface area contributed by atoms with Crippen LogP contribution in [0.15, 0.2) is 10.7 Å². The van der Waals surface area contributed by atoms with Gasteiger partial charge in [-0.05, 0) is 26.7 Å². The highest BCUT2D eigenvalue weighted by Crippen LogP contribution is 2.32. The van der Waals surface area contributed by atoms with Gasteiger partial charge in [0.15, 0.2) is 5.70 Å². The number of aliphatic carboxylic acids is 1. The lowest BCUT2D eigenvalue weighted by molar-refractivity contribution is -0.133. The van der Waals surface area contributed by atoms with E-state index in [1.807, 2.05) is 13.8 Å². The van der Waals surface area contributed by atoms with Crippen molar-refractivity contribution < 1.29 is 19.4 Å². The first-order chi connectivity index (χ1) is 8.60. The summed E-state index contributed by atoms with van der Waals surface area (Å²) in [5, 5.41) is 14.7. The molecule has 1 aliphatic heterocycles. The summed E-state index contributed by atoms with van der Waals surface area (Å²) >= 11 is 1.29. The van der Waals surface area contributed by atoms with Crippen molar-refractivity contribution in [2.45, 2.75) is 45.6 Å². The van der Waals surface area contributed by atoms with Crippen LogP contribution in [0, 0.1) is 5.92 Å². The van der Waals surface area contributed by atoms with Crippen molar-refractivity contribution in [3.8, 4) is 0 Å². The van der Waals surface area contributed by atoms with Crippen molar-refractivity contribution >= 4 is 23.8 Å². The minimum atomic E-state index is -1.10. The molecule has 0 aromatic carbocycles. The summed E-state index contributed by atoms with van der Waals surface area (Å²) in [6.45, 7) is 9.18. The molecule has 19 heavy (non-hydrogen) atoms. The minimum absolute atomic E-state index is 0.00885. The van der Waals surface area contributed by atoms with Gasteiger partial charge in [0.05, 0.1) is 5.37 Å². The Morgan fingerprint density at radius 2 is 2.00 bits per heavy atom. The molecule has 1 rings (SSSR count). The Balaban J connectivity index is 2.76. The first kappa shape index (κ1) is 15.7. The first-order valence-electron chi connectivity index (χ1n) is 6.01. The van der Waals surface area contributed by atoms with Crippen LogP contribution in [0.5, 0.6) is 0 Å². The van der Waals surface area contributed by atoms with Crippen LogP contribution in [0.3, 0.4) is 0 Å². The van der Waals surface area contributed by atoms with Crippen molar-refractivity contribution in [2.75, 3.05) is 0 Å². The van der Waals surface area contributed by atoms with E-state index in [0.717, 1.165) is 0 Å². The Labute approximate surface area is 117 Å². The highest BCUT2D eigenvalue weighted by Gasteiger charge is 2.32. The lowest BCUT2D eigenvalue weighted by Crippen LogP contribution is -2.32. The van der Waals surface area contributed by atoms with Crippen molar-refractivity contribution in [2.24, 2.45) is 5.92 Å². The molecule has 0 saturated carbocycles. The summed E-state index contributed by atoms with van der Waals surface area (Å²) in [6, 6.07) is 0. The summed E-state index contributed by atoms with van der Waals surface area (Å²) in [7, 11) is 0. The van der Waals surface area contributed by atoms with Crippen molar-refractivity contribution in [3.63, 3.8) is 0 Å². The van der Waals surface area contributed by atoms with E-state index in [2.05, 4.69) is 10.6 Å². The fraction of sp³-hybridized carbons (Fsp3) is 0.667. The van der Waals surface area contributed by atoms with E-state index in [1.54, 1.807) is 20.8 Å². The monoisotopic (exact) mass is 288 g/mol. The van der Waals surface area contributed by atoms with E-state index in [0.29, 0.717) is 5.03 Å². The number of rotatable bonds is 3. The third-order valence-corrected chi connectivity index (χ3v) is 3.65. The minimum Gasteiger partial charge on any atom is -0.477 e. The maximum absolute atomic E-state index is 11.7. The molecule has 0 radical (unpaired) electrons. The molecule has 3 N–H and O–H groups in total. The Bertz CT molecular complexity index is 412. The summed E-state index contributed by atoms with van der Waals surface area (Å²) in [5.41, 5.74) is -0.614. The number of alkyl carbamates (subject to hydrolysis) is 1. The molecule has 0 aromatic heterocycles. The second kappa shape index (κ2) is 5.73. The molecule has 1 aliphatic rings. The standard InChI is InChI=1S/C12H20N2O4S/c1-6(2)8-13-7(10(15)16)9(19-8)14-11(17)18-12(3,4)5/h6,8,13H,1-5H3,(H,14,17)(H,15,16). The fourth-order valence-corrected chi connectivity index (χ4v) is 2.48. The molecule has 7 heteroatoms. The molecule has 6 nitrogen and oxygen atoms in total. The van der Waals surface area contributed by atoms with Crippen LogP contribution >= 0.6 is 11.8 Å². The van der Waals surface area contributed by atoms with Crippen LogP contribution in [0.25, 0.3) is 0 Å². The Kier molecular flexibility index (Phi) is 4.73. The van der Waals surface area contributed by atoms with E-state index in [1.165, 1.54) is 11.8 Å². The van der Waals surface area contributed by atoms with E-state index in [4.69, 9.17) is 9.84 Å². The molecule has 0 aliphatic carbocycles. The molecule has 0 bridgehead atoms. The predicted molar refractivity (Wildman–Crippen MR) is 73.4 cm³/mol. The highest BCUT2D eigenvalue weighted by molar-refractivity contribution is 8.03. The average Bonchev–Trinajstić information content (AvgIpc) is 2.58. The largest absolute Gasteiger partial charge is 0.477 e. The summed E-state index contributed by atoms with van der Waals surface area (Å²) < 4.78 is 5.11. The molecular formula is C12H20N2O4S. The number of carboxylic acid groups (broad SMARTS) is 1. The van der Waals surface area contributed by atoms with Gasteiger partial charge in [0.25, 0.3) is 0 Å². The number of amides is 1. The topological polar surface area (TPSA) is 87.7 Å². The Morgan fingerprint density at radius 3 is 2.42 bits per heavy atom. The van der Waals surface area contributed by atoms with Gasteiger partial charge in [-0.1, -0.05) is 25.6 Å². The van der Waals surface area contributed by atoms with Gasteiger partial charge >= 0.3 is 12.1 Å². The zero-order valence-electron chi connectivity index (χ0n) is 11.7. The van der Waals surface area contributed by atoms with E-state index in [9.17, 15) is 9.59 Å². The third kappa shape index (κ3) is 4.66.